The molecule has 0 atom stereocenters. The maximum atomic E-state index is 9.76. The van der Waals surface area contributed by atoms with Gasteiger partial charge in [-0.15, -0.1) is 0 Å². The molecule has 6 nitrogen and oxygen atoms in total. The van der Waals surface area contributed by atoms with Gasteiger partial charge in [-0.05, 0) is 84.7 Å². The number of aliphatic carboxylic acids is 2. The van der Waals surface area contributed by atoms with E-state index in [2.05, 4.69) is 51.3 Å². The van der Waals surface area contributed by atoms with Gasteiger partial charge in [-0.3, -0.25) is 9.59 Å². The predicted molar refractivity (Wildman–Crippen MR) is 119 cm³/mol. The second-order valence-corrected chi connectivity index (χ2v) is 7.08. The van der Waals surface area contributed by atoms with E-state index in [-0.39, 0.29) is 0 Å². The van der Waals surface area contributed by atoms with Gasteiger partial charge < -0.3 is 20.0 Å². The first-order valence-corrected chi connectivity index (χ1v) is 11.2. The van der Waals surface area contributed by atoms with Crippen molar-refractivity contribution in [2.75, 3.05) is 39.3 Å². The lowest BCUT2D eigenvalue weighted by molar-refractivity contribution is -0.153. The third-order valence-corrected chi connectivity index (χ3v) is 3.98. The van der Waals surface area contributed by atoms with E-state index in [9.17, 15) is 9.59 Å². The molecule has 0 aliphatic carbocycles. The molecule has 0 saturated heterocycles. The Morgan fingerprint density at radius 2 is 0.750 bits per heavy atom. The largest absolute Gasteiger partial charge is 0.481 e. The van der Waals surface area contributed by atoms with Crippen LogP contribution in [0.25, 0.3) is 0 Å². The zero-order chi connectivity index (χ0) is 22.4. The second kappa shape index (κ2) is 23.9. The third-order valence-electron chi connectivity index (χ3n) is 3.98. The molecule has 0 heterocycles. The summed E-state index contributed by atoms with van der Waals surface area (Å²) in [5.41, 5.74) is 0. The Hall–Kier alpha value is -1.14. The van der Waals surface area contributed by atoms with Crippen LogP contribution >= 0.6 is 0 Å². The number of hydrogen-bond donors (Lipinski definition) is 2. The summed E-state index contributed by atoms with van der Waals surface area (Å²) in [7, 11) is 0. The molecule has 0 unspecified atom stereocenters. The molecule has 0 aliphatic rings. The highest BCUT2D eigenvalue weighted by molar-refractivity contribution is 5.92. The van der Waals surface area contributed by atoms with E-state index in [4.69, 9.17) is 10.2 Å². The Morgan fingerprint density at radius 3 is 0.821 bits per heavy atom. The highest BCUT2D eigenvalue weighted by Gasteiger charge is 2.18. The Balaban J connectivity index is -0.000000337. The van der Waals surface area contributed by atoms with Crippen LogP contribution in [0.1, 0.15) is 87.0 Å². The average molecular weight is 405 g/mol. The minimum atomic E-state index is -1.31. The normalized spacial score (nSPS) is 10.4. The topological polar surface area (TPSA) is 81.1 Å². The first-order valence-electron chi connectivity index (χ1n) is 11.2. The predicted octanol–water partition coefficient (Wildman–Crippen LogP) is 4.83. The van der Waals surface area contributed by atoms with Crippen molar-refractivity contribution in [3.05, 3.63) is 0 Å². The van der Waals surface area contributed by atoms with Gasteiger partial charge in [-0.1, -0.05) is 41.5 Å². The Labute approximate surface area is 174 Å². The number of carbonyl (C=O) groups is 2. The van der Waals surface area contributed by atoms with Crippen LogP contribution in [0, 0.1) is 5.92 Å². The van der Waals surface area contributed by atoms with Crippen molar-refractivity contribution in [3.8, 4) is 0 Å². The molecule has 0 amide bonds. The van der Waals surface area contributed by atoms with Gasteiger partial charge in [0.2, 0.25) is 0 Å². The summed E-state index contributed by atoms with van der Waals surface area (Å²) in [6, 6.07) is 0. The second-order valence-electron chi connectivity index (χ2n) is 7.08. The van der Waals surface area contributed by atoms with Crippen molar-refractivity contribution < 1.29 is 19.8 Å². The van der Waals surface area contributed by atoms with Crippen molar-refractivity contribution >= 4 is 11.9 Å². The molecule has 0 aromatic rings. The first kappa shape index (κ1) is 31.6. The molecule has 0 bridgehead atoms. The fourth-order valence-corrected chi connectivity index (χ4v) is 2.67. The molecule has 0 radical (unpaired) electrons. The van der Waals surface area contributed by atoms with Gasteiger partial charge in [-0.25, -0.2) is 0 Å². The van der Waals surface area contributed by atoms with Crippen LogP contribution in [0.3, 0.4) is 0 Å². The number of carboxylic acids is 2. The van der Waals surface area contributed by atoms with Gasteiger partial charge in [0.05, 0.1) is 0 Å². The van der Waals surface area contributed by atoms with E-state index in [1.807, 2.05) is 0 Å². The highest BCUT2D eigenvalue weighted by Crippen LogP contribution is 1.95. The SMILES string of the molecule is CC(C(=O)O)C(=O)O.CCCN(CCC)CCC.CCCN(CCC)CCC. The van der Waals surface area contributed by atoms with Crippen molar-refractivity contribution in [2.45, 2.75) is 87.0 Å². The zero-order valence-corrected chi connectivity index (χ0v) is 19.7. The van der Waals surface area contributed by atoms with Crippen molar-refractivity contribution in [1.29, 1.82) is 0 Å². The van der Waals surface area contributed by atoms with Crippen LogP contribution in [0.2, 0.25) is 0 Å². The van der Waals surface area contributed by atoms with E-state index in [1.165, 1.54) is 77.8 Å². The van der Waals surface area contributed by atoms with Crippen LogP contribution in [0.4, 0.5) is 0 Å². The van der Waals surface area contributed by atoms with Crippen LogP contribution in [0.5, 0.6) is 0 Å². The van der Waals surface area contributed by atoms with Crippen molar-refractivity contribution in [3.63, 3.8) is 0 Å². The standard InChI is InChI=1S/2C9H21N.C4H6O4/c2*1-4-7-10(8-5-2)9-6-3;1-2(3(5)6)4(7)8/h2*4-9H2,1-3H3;2H,1H3,(H,5,6)(H,7,8). The molecule has 0 rings (SSSR count). The van der Waals surface area contributed by atoms with Crippen LogP contribution in [-0.2, 0) is 9.59 Å². The summed E-state index contributed by atoms with van der Waals surface area (Å²) in [5, 5.41) is 15.9. The molecule has 2 N–H and O–H groups in total. The Morgan fingerprint density at radius 1 is 0.571 bits per heavy atom. The molecule has 170 valence electrons. The molecule has 0 aromatic heterocycles. The molecule has 0 aromatic carbocycles. The summed E-state index contributed by atoms with van der Waals surface area (Å²) >= 11 is 0. The molecule has 28 heavy (non-hydrogen) atoms. The van der Waals surface area contributed by atoms with E-state index >= 15 is 0 Å². The van der Waals surface area contributed by atoms with Gasteiger partial charge in [0.15, 0.2) is 5.92 Å². The summed E-state index contributed by atoms with van der Waals surface area (Å²) in [6.07, 6.45) is 7.75. The number of nitrogens with zero attached hydrogens (tertiary/aromatic N) is 2. The van der Waals surface area contributed by atoms with Crippen LogP contribution < -0.4 is 0 Å². The minimum absolute atomic E-state index is 1.12. The molecule has 0 fully saturated rings. The van der Waals surface area contributed by atoms with E-state index in [1.54, 1.807) is 0 Å². The first-order chi connectivity index (χ1) is 13.2. The van der Waals surface area contributed by atoms with Crippen LogP contribution in [0.15, 0.2) is 0 Å². The lowest BCUT2D eigenvalue weighted by Gasteiger charge is -2.19. The van der Waals surface area contributed by atoms with Crippen molar-refractivity contribution in [1.82, 2.24) is 9.80 Å². The lowest BCUT2D eigenvalue weighted by Crippen LogP contribution is -2.26. The van der Waals surface area contributed by atoms with E-state index < -0.39 is 17.9 Å². The minimum Gasteiger partial charge on any atom is -0.481 e. The molecule has 0 saturated carbocycles. The Bertz CT molecular complexity index is 291. The lowest BCUT2D eigenvalue weighted by atomic mass is 10.2. The van der Waals surface area contributed by atoms with Gasteiger partial charge in [0, 0.05) is 0 Å². The fourth-order valence-electron chi connectivity index (χ4n) is 2.67. The maximum Gasteiger partial charge on any atom is 0.317 e. The van der Waals surface area contributed by atoms with Gasteiger partial charge in [0.25, 0.3) is 0 Å². The summed E-state index contributed by atoms with van der Waals surface area (Å²) in [4.78, 5) is 24.6. The average Bonchev–Trinajstić information content (AvgIpc) is 2.63. The van der Waals surface area contributed by atoms with Crippen molar-refractivity contribution in [2.24, 2.45) is 5.92 Å². The summed E-state index contributed by atoms with van der Waals surface area (Å²) in [6.45, 7) is 22.3. The molecular formula is C22H48N2O4. The smallest absolute Gasteiger partial charge is 0.317 e. The zero-order valence-electron chi connectivity index (χ0n) is 19.7. The summed E-state index contributed by atoms with van der Waals surface area (Å²) < 4.78 is 0. The third kappa shape index (κ3) is 22.9. The number of rotatable bonds is 14. The van der Waals surface area contributed by atoms with Gasteiger partial charge >= 0.3 is 11.9 Å². The van der Waals surface area contributed by atoms with E-state index in [0.717, 1.165) is 6.92 Å². The molecular weight excluding hydrogens is 356 g/mol. The van der Waals surface area contributed by atoms with Crippen LogP contribution in [-0.4, -0.2) is 71.2 Å². The van der Waals surface area contributed by atoms with Gasteiger partial charge in [-0.2, -0.15) is 0 Å². The monoisotopic (exact) mass is 404 g/mol. The molecule has 0 aliphatic heterocycles. The highest BCUT2D eigenvalue weighted by atomic mass is 16.4. The Kier molecular flexibility index (Phi) is 26.9. The maximum absolute atomic E-state index is 9.76. The van der Waals surface area contributed by atoms with E-state index in [0.29, 0.717) is 0 Å². The fraction of sp³-hybridized carbons (Fsp3) is 0.909. The number of carboxylic acid groups (broad SMARTS) is 2. The molecule has 6 heteroatoms. The molecule has 0 spiro atoms. The number of hydrogen-bond acceptors (Lipinski definition) is 4. The quantitative estimate of drug-likeness (QED) is 0.404. The van der Waals surface area contributed by atoms with Gasteiger partial charge in [0.1, 0.15) is 0 Å². The summed E-state index contributed by atoms with van der Waals surface area (Å²) in [5.74, 6) is -3.91.